The fourth-order valence-corrected chi connectivity index (χ4v) is 1.82. The normalized spacial score (nSPS) is 10.4. The Morgan fingerprint density at radius 3 is 2.89 bits per heavy atom. The molecule has 18 heavy (non-hydrogen) atoms. The Hall–Kier alpha value is -1.42. The number of carbonyl (C=O) groups is 1. The van der Waals surface area contributed by atoms with Crippen LogP contribution in [0.4, 0.5) is 0 Å². The average Bonchev–Trinajstić information content (AvgIpc) is 2.39. The van der Waals surface area contributed by atoms with Gasteiger partial charge in [0.25, 0.3) is 5.91 Å². The molecule has 0 aromatic carbocycles. The number of pyridine rings is 1. The number of unbranched alkanes of at least 4 members (excludes halogenated alkanes) is 2. The van der Waals surface area contributed by atoms with E-state index in [-0.39, 0.29) is 5.91 Å². The Balaban J connectivity index is 2.62. The van der Waals surface area contributed by atoms with Crippen LogP contribution in [0, 0.1) is 0 Å². The predicted molar refractivity (Wildman–Crippen MR) is 73.5 cm³/mol. The highest BCUT2D eigenvalue weighted by Crippen LogP contribution is 2.07. The van der Waals surface area contributed by atoms with Crippen molar-refractivity contribution in [2.45, 2.75) is 32.6 Å². The molecule has 0 fully saturated rings. The number of hydrogen-bond donors (Lipinski definition) is 1. The van der Waals surface area contributed by atoms with E-state index in [0.29, 0.717) is 18.5 Å². The second-order valence-corrected chi connectivity index (χ2v) is 4.51. The molecule has 0 saturated carbocycles. The lowest BCUT2D eigenvalue weighted by Crippen LogP contribution is -2.27. The van der Waals surface area contributed by atoms with Crippen LogP contribution < -0.4 is 5.73 Å². The minimum absolute atomic E-state index is 0.0618. The molecule has 4 nitrogen and oxygen atoms in total. The zero-order valence-electron chi connectivity index (χ0n) is 11.4. The molecule has 0 atom stereocenters. The molecule has 1 amide bonds. The molecule has 0 aliphatic carbocycles. The van der Waals surface area contributed by atoms with Gasteiger partial charge in [-0.15, -0.1) is 0 Å². The second kappa shape index (κ2) is 7.82. The lowest BCUT2D eigenvalue weighted by molar-refractivity contribution is 0.0792. The fourth-order valence-electron chi connectivity index (χ4n) is 1.82. The van der Waals surface area contributed by atoms with Crippen molar-refractivity contribution in [1.82, 2.24) is 9.88 Å². The summed E-state index contributed by atoms with van der Waals surface area (Å²) in [5, 5.41) is 0. The van der Waals surface area contributed by atoms with Gasteiger partial charge in [-0.05, 0) is 25.1 Å². The van der Waals surface area contributed by atoms with E-state index in [4.69, 9.17) is 5.73 Å². The van der Waals surface area contributed by atoms with Gasteiger partial charge in [0.05, 0.1) is 0 Å². The van der Waals surface area contributed by atoms with E-state index in [1.54, 1.807) is 17.2 Å². The Morgan fingerprint density at radius 1 is 1.44 bits per heavy atom. The molecule has 0 spiro atoms. The van der Waals surface area contributed by atoms with Gasteiger partial charge >= 0.3 is 0 Å². The third-order valence-electron chi connectivity index (χ3n) is 2.91. The van der Waals surface area contributed by atoms with Crippen LogP contribution in [0.15, 0.2) is 18.3 Å². The minimum atomic E-state index is 0.0618. The van der Waals surface area contributed by atoms with Crippen LogP contribution in [0.2, 0.25) is 0 Å². The molecule has 0 aliphatic rings. The third-order valence-corrected chi connectivity index (χ3v) is 2.91. The highest BCUT2D eigenvalue weighted by atomic mass is 16.2. The molecule has 2 N–H and O–H groups in total. The van der Waals surface area contributed by atoms with Gasteiger partial charge in [-0.3, -0.25) is 9.78 Å². The largest absolute Gasteiger partial charge is 0.342 e. The maximum absolute atomic E-state index is 12.2. The van der Waals surface area contributed by atoms with Crippen LogP contribution >= 0.6 is 0 Å². The van der Waals surface area contributed by atoms with Gasteiger partial charge in [0, 0.05) is 37.5 Å². The number of hydrogen-bond acceptors (Lipinski definition) is 3. The van der Waals surface area contributed by atoms with E-state index in [1.165, 1.54) is 0 Å². The number of carbonyl (C=O) groups excluding carboxylic acids is 1. The molecule has 1 heterocycles. The first kappa shape index (κ1) is 14.6. The van der Waals surface area contributed by atoms with Crippen LogP contribution in [0.5, 0.6) is 0 Å². The predicted octanol–water partition coefficient (Wildman–Crippen LogP) is 1.84. The van der Waals surface area contributed by atoms with Gasteiger partial charge in [-0.1, -0.05) is 19.8 Å². The Morgan fingerprint density at radius 2 is 2.22 bits per heavy atom. The maximum atomic E-state index is 12.2. The molecule has 0 bridgehead atoms. The Bertz CT molecular complexity index is 379. The summed E-state index contributed by atoms with van der Waals surface area (Å²) >= 11 is 0. The standard InChI is InChI=1S/C14H23N3O/c1-3-4-5-10-17(2)14(18)12-7-9-16-13(11-12)6-8-15/h7,9,11H,3-6,8,10,15H2,1-2H3. The topological polar surface area (TPSA) is 59.2 Å². The van der Waals surface area contributed by atoms with E-state index in [1.807, 2.05) is 13.1 Å². The molecule has 0 radical (unpaired) electrons. The first-order chi connectivity index (χ1) is 8.69. The molecular weight excluding hydrogens is 226 g/mol. The summed E-state index contributed by atoms with van der Waals surface area (Å²) in [6.07, 6.45) is 5.77. The van der Waals surface area contributed by atoms with Crippen molar-refractivity contribution >= 4 is 5.91 Å². The van der Waals surface area contributed by atoms with Crippen LogP contribution in [0.1, 0.15) is 42.2 Å². The third kappa shape index (κ3) is 4.45. The molecule has 1 aromatic heterocycles. The quantitative estimate of drug-likeness (QED) is 0.750. The SMILES string of the molecule is CCCCCN(C)C(=O)c1ccnc(CCN)c1. The Labute approximate surface area is 109 Å². The van der Waals surface area contributed by atoms with Gasteiger partial charge in [-0.25, -0.2) is 0 Å². The number of aromatic nitrogens is 1. The van der Waals surface area contributed by atoms with Crippen molar-refractivity contribution in [3.63, 3.8) is 0 Å². The van der Waals surface area contributed by atoms with Gasteiger partial charge in [0.15, 0.2) is 0 Å². The summed E-state index contributed by atoms with van der Waals surface area (Å²) in [7, 11) is 1.85. The van der Waals surface area contributed by atoms with Crippen LogP contribution in [-0.4, -0.2) is 35.9 Å². The summed E-state index contributed by atoms with van der Waals surface area (Å²) in [5.74, 6) is 0.0618. The van der Waals surface area contributed by atoms with Gasteiger partial charge in [-0.2, -0.15) is 0 Å². The summed E-state index contributed by atoms with van der Waals surface area (Å²) in [4.78, 5) is 18.1. The lowest BCUT2D eigenvalue weighted by Gasteiger charge is -2.17. The van der Waals surface area contributed by atoms with Crippen molar-refractivity contribution in [3.8, 4) is 0 Å². The second-order valence-electron chi connectivity index (χ2n) is 4.51. The van der Waals surface area contributed by atoms with Crippen molar-refractivity contribution in [1.29, 1.82) is 0 Å². The highest BCUT2D eigenvalue weighted by molar-refractivity contribution is 5.94. The van der Waals surface area contributed by atoms with Crippen molar-refractivity contribution < 1.29 is 4.79 Å². The minimum Gasteiger partial charge on any atom is -0.342 e. The van der Waals surface area contributed by atoms with E-state index < -0.39 is 0 Å². The zero-order chi connectivity index (χ0) is 13.4. The highest BCUT2D eigenvalue weighted by Gasteiger charge is 2.11. The molecule has 0 unspecified atom stereocenters. The molecule has 1 rings (SSSR count). The van der Waals surface area contributed by atoms with Gasteiger partial charge in [0.1, 0.15) is 0 Å². The summed E-state index contributed by atoms with van der Waals surface area (Å²) in [6.45, 7) is 3.52. The van der Waals surface area contributed by atoms with Crippen LogP contribution in [-0.2, 0) is 6.42 Å². The van der Waals surface area contributed by atoms with Crippen molar-refractivity contribution in [2.75, 3.05) is 20.1 Å². The number of nitrogens with zero attached hydrogens (tertiary/aromatic N) is 2. The fraction of sp³-hybridized carbons (Fsp3) is 0.571. The molecule has 0 saturated heterocycles. The number of amides is 1. The average molecular weight is 249 g/mol. The monoisotopic (exact) mass is 249 g/mol. The van der Waals surface area contributed by atoms with E-state index >= 15 is 0 Å². The van der Waals surface area contributed by atoms with E-state index in [9.17, 15) is 4.79 Å². The summed E-state index contributed by atoms with van der Waals surface area (Å²) in [5.41, 5.74) is 7.07. The molecule has 1 aromatic rings. The van der Waals surface area contributed by atoms with Crippen LogP contribution in [0.3, 0.4) is 0 Å². The van der Waals surface area contributed by atoms with E-state index in [2.05, 4.69) is 11.9 Å². The van der Waals surface area contributed by atoms with Crippen molar-refractivity contribution in [3.05, 3.63) is 29.6 Å². The zero-order valence-corrected chi connectivity index (χ0v) is 11.4. The van der Waals surface area contributed by atoms with E-state index in [0.717, 1.165) is 31.5 Å². The van der Waals surface area contributed by atoms with Gasteiger partial charge in [0.2, 0.25) is 0 Å². The number of rotatable bonds is 7. The smallest absolute Gasteiger partial charge is 0.253 e. The molecule has 4 heteroatoms. The lowest BCUT2D eigenvalue weighted by atomic mass is 10.1. The van der Waals surface area contributed by atoms with Crippen LogP contribution in [0.25, 0.3) is 0 Å². The first-order valence-corrected chi connectivity index (χ1v) is 6.59. The van der Waals surface area contributed by atoms with Crippen molar-refractivity contribution in [2.24, 2.45) is 5.73 Å². The summed E-state index contributed by atoms with van der Waals surface area (Å²) in [6, 6.07) is 3.60. The molecular formula is C14H23N3O. The van der Waals surface area contributed by atoms with Gasteiger partial charge < -0.3 is 10.6 Å². The number of nitrogens with two attached hydrogens (primary N) is 1. The summed E-state index contributed by atoms with van der Waals surface area (Å²) < 4.78 is 0. The molecule has 100 valence electrons. The first-order valence-electron chi connectivity index (χ1n) is 6.59. The maximum Gasteiger partial charge on any atom is 0.253 e. The Kier molecular flexibility index (Phi) is 6.36. The molecule has 0 aliphatic heterocycles.